The number of anilines is 1. The van der Waals surface area contributed by atoms with E-state index in [1.165, 1.54) is 5.69 Å². The molecule has 0 aliphatic carbocycles. The highest BCUT2D eigenvalue weighted by molar-refractivity contribution is 5.46. The van der Waals surface area contributed by atoms with Gasteiger partial charge in [-0.2, -0.15) is 0 Å². The minimum absolute atomic E-state index is 0.502. The number of rotatable bonds is 4. The van der Waals surface area contributed by atoms with E-state index in [-0.39, 0.29) is 0 Å². The lowest BCUT2D eigenvalue weighted by Crippen LogP contribution is -2.28. The Kier molecular flexibility index (Phi) is 3.89. The van der Waals surface area contributed by atoms with Crippen LogP contribution in [0.15, 0.2) is 18.3 Å². The normalized spacial score (nSPS) is 12.6. The Hall–Kier alpha value is -1.09. The molecular weight excluding hydrogens is 174 g/mol. The molecule has 0 fully saturated rings. The van der Waals surface area contributed by atoms with Gasteiger partial charge < -0.3 is 10.6 Å². The summed E-state index contributed by atoms with van der Waals surface area (Å²) in [6, 6.07) is 4.61. The second-order valence-electron chi connectivity index (χ2n) is 3.58. The van der Waals surface area contributed by atoms with Crippen molar-refractivity contribution >= 4 is 5.69 Å². The first-order valence-corrected chi connectivity index (χ1v) is 5.06. The molecule has 2 N–H and O–H groups in total. The van der Waals surface area contributed by atoms with Crippen LogP contribution < -0.4 is 10.6 Å². The molecule has 3 heteroatoms. The van der Waals surface area contributed by atoms with Crippen LogP contribution in [0.4, 0.5) is 5.69 Å². The lowest BCUT2D eigenvalue weighted by molar-refractivity contribution is 0.663. The van der Waals surface area contributed by atoms with Crippen LogP contribution in [0.2, 0.25) is 0 Å². The lowest BCUT2D eigenvalue weighted by atomic mass is 10.2. The van der Waals surface area contributed by atoms with Crippen molar-refractivity contribution in [2.75, 3.05) is 11.9 Å². The number of pyridine rings is 1. The van der Waals surface area contributed by atoms with Gasteiger partial charge in [0.15, 0.2) is 0 Å². The standard InChI is InChI=1S/C11H19N3/c1-4-9(2)14(3)11-5-6-13-10(7-11)8-12/h5-7,9H,4,8,12H2,1-3H3. The molecule has 1 rings (SSSR count). The van der Waals surface area contributed by atoms with Crippen LogP contribution in [0.25, 0.3) is 0 Å². The van der Waals surface area contributed by atoms with Crippen LogP contribution in [0, 0.1) is 0 Å². The molecule has 0 radical (unpaired) electrons. The third kappa shape index (κ3) is 2.45. The maximum atomic E-state index is 5.55. The average Bonchev–Trinajstić information content (AvgIpc) is 2.27. The summed E-state index contributed by atoms with van der Waals surface area (Å²) in [4.78, 5) is 6.42. The van der Waals surface area contributed by atoms with Gasteiger partial charge in [-0.3, -0.25) is 4.98 Å². The predicted molar refractivity (Wildman–Crippen MR) is 60.3 cm³/mol. The minimum Gasteiger partial charge on any atom is -0.372 e. The number of nitrogens with zero attached hydrogens (tertiary/aromatic N) is 2. The van der Waals surface area contributed by atoms with Crippen LogP contribution in [-0.2, 0) is 6.54 Å². The molecule has 0 spiro atoms. The molecule has 0 aliphatic rings. The van der Waals surface area contributed by atoms with E-state index in [2.05, 4.69) is 30.8 Å². The van der Waals surface area contributed by atoms with E-state index in [1.54, 1.807) is 0 Å². The third-order valence-corrected chi connectivity index (χ3v) is 2.67. The number of hydrogen-bond donors (Lipinski definition) is 1. The van der Waals surface area contributed by atoms with Gasteiger partial charge in [-0.05, 0) is 25.5 Å². The Morgan fingerprint density at radius 2 is 2.29 bits per heavy atom. The van der Waals surface area contributed by atoms with E-state index in [4.69, 9.17) is 5.73 Å². The molecule has 0 aromatic carbocycles. The molecule has 14 heavy (non-hydrogen) atoms. The molecule has 1 aromatic heterocycles. The third-order valence-electron chi connectivity index (χ3n) is 2.67. The highest BCUT2D eigenvalue weighted by atomic mass is 15.1. The van der Waals surface area contributed by atoms with Crippen LogP contribution in [0.1, 0.15) is 26.0 Å². The van der Waals surface area contributed by atoms with E-state index in [0.29, 0.717) is 12.6 Å². The second kappa shape index (κ2) is 4.96. The molecule has 1 unspecified atom stereocenters. The fraction of sp³-hybridized carbons (Fsp3) is 0.545. The van der Waals surface area contributed by atoms with Gasteiger partial charge in [0.05, 0.1) is 5.69 Å². The van der Waals surface area contributed by atoms with Gasteiger partial charge in [0, 0.05) is 31.5 Å². The summed E-state index contributed by atoms with van der Waals surface area (Å²) >= 11 is 0. The smallest absolute Gasteiger partial charge is 0.0560 e. The van der Waals surface area contributed by atoms with Crippen molar-refractivity contribution in [3.8, 4) is 0 Å². The van der Waals surface area contributed by atoms with E-state index in [0.717, 1.165) is 12.1 Å². The van der Waals surface area contributed by atoms with Crippen LogP contribution in [-0.4, -0.2) is 18.1 Å². The molecule has 78 valence electrons. The maximum Gasteiger partial charge on any atom is 0.0560 e. The quantitative estimate of drug-likeness (QED) is 0.792. The van der Waals surface area contributed by atoms with E-state index in [9.17, 15) is 0 Å². The zero-order valence-electron chi connectivity index (χ0n) is 9.20. The van der Waals surface area contributed by atoms with Crippen molar-refractivity contribution in [1.82, 2.24) is 4.98 Å². The first-order chi connectivity index (χ1) is 6.69. The summed E-state index contributed by atoms with van der Waals surface area (Å²) in [6.07, 6.45) is 2.95. The lowest BCUT2D eigenvalue weighted by Gasteiger charge is -2.26. The largest absolute Gasteiger partial charge is 0.372 e. The van der Waals surface area contributed by atoms with Crippen LogP contribution >= 0.6 is 0 Å². The van der Waals surface area contributed by atoms with Crippen molar-refractivity contribution in [1.29, 1.82) is 0 Å². The molecule has 1 aromatic rings. The first-order valence-electron chi connectivity index (χ1n) is 5.06. The molecule has 0 aliphatic heterocycles. The Morgan fingerprint density at radius 1 is 1.57 bits per heavy atom. The zero-order chi connectivity index (χ0) is 10.6. The van der Waals surface area contributed by atoms with Crippen molar-refractivity contribution in [3.63, 3.8) is 0 Å². The molecule has 1 atom stereocenters. The molecule has 0 saturated heterocycles. The highest BCUT2D eigenvalue weighted by Gasteiger charge is 2.07. The fourth-order valence-corrected chi connectivity index (χ4v) is 1.32. The van der Waals surface area contributed by atoms with Gasteiger partial charge in [-0.25, -0.2) is 0 Å². The van der Waals surface area contributed by atoms with Crippen molar-refractivity contribution in [2.45, 2.75) is 32.9 Å². The van der Waals surface area contributed by atoms with Crippen molar-refractivity contribution in [2.24, 2.45) is 5.73 Å². The van der Waals surface area contributed by atoms with E-state index < -0.39 is 0 Å². The first kappa shape index (κ1) is 11.0. The molecular formula is C11H19N3. The summed E-state index contributed by atoms with van der Waals surface area (Å²) < 4.78 is 0. The van der Waals surface area contributed by atoms with Crippen molar-refractivity contribution < 1.29 is 0 Å². The average molecular weight is 193 g/mol. The number of aromatic nitrogens is 1. The van der Waals surface area contributed by atoms with Gasteiger partial charge in [-0.1, -0.05) is 6.92 Å². The molecule has 0 saturated carbocycles. The Labute approximate surface area is 85.9 Å². The summed E-state index contributed by atoms with van der Waals surface area (Å²) in [6.45, 7) is 4.90. The Balaban J connectivity index is 2.83. The fourth-order valence-electron chi connectivity index (χ4n) is 1.32. The highest BCUT2D eigenvalue weighted by Crippen LogP contribution is 2.16. The summed E-state index contributed by atoms with van der Waals surface area (Å²) in [7, 11) is 2.10. The van der Waals surface area contributed by atoms with Crippen molar-refractivity contribution in [3.05, 3.63) is 24.0 Å². The number of nitrogens with two attached hydrogens (primary N) is 1. The Morgan fingerprint density at radius 3 is 2.86 bits per heavy atom. The van der Waals surface area contributed by atoms with Crippen LogP contribution in [0.5, 0.6) is 0 Å². The Bertz CT molecular complexity index is 286. The topological polar surface area (TPSA) is 42.2 Å². The van der Waals surface area contributed by atoms with Gasteiger partial charge >= 0.3 is 0 Å². The summed E-state index contributed by atoms with van der Waals surface area (Å²) in [5, 5.41) is 0. The SMILES string of the molecule is CCC(C)N(C)c1ccnc(CN)c1. The molecule has 3 nitrogen and oxygen atoms in total. The molecule has 0 bridgehead atoms. The number of hydrogen-bond acceptors (Lipinski definition) is 3. The minimum atomic E-state index is 0.502. The van der Waals surface area contributed by atoms with Gasteiger partial charge in [0.1, 0.15) is 0 Å². The maximum absolute atomic E-state index is 5.55. The molecule has 1 heterocycles. The summed E-state index contributed by atoms with van der Waals surface area (Å²) in [5.74, 6) is 0. The second-order valence-corrected chi connectivity index (χ2v) is 3.58. The van der Waals surface area contributed by atoms with Crippen LogP contribution in [0.3, 0.4) is 0 Å². The predicted octanol–water partition coefficient (Wildman–Crippen LogP) is 1.77. The van der Waals surface area contributed by atoms with E-state index >= 15 is 0 Å². The summed E-state index contributed by atoms with van der Waals surface area (Å²) in [5.41, 5.74) is 7.68. The van der Waals surface area contributed by atoms with Gasteiger partial charge in [-0.15, -0.1) is 0 Å². The monoisotopic (exact) mass is 193 g/mol. The zero-order valence-corrected chi connectivity index (χ0v) is 9.20. The van der Waals surface area contributed by atoms with E-state index in [1.807, 2.05) is 18.3 Å². The van der Waals surface area contributed by atoms with Gasteiger partial charge in [0.25, 0.3) is 0 Å². The molecule has 0 amide bonds. The van der Waals surface area contributed by atoms with Gasteiger partial charge in [0.2, 0.25) is 0 Å².